The van der Waals surface area contributed by atoms with Crippen LogP contribution in [-0.2, 0) is 25.4 Å². The topological polar surface area (TPSA) is 208 Å². The van der Waals surface area contributed by atoms with Crippen molar-refractivity contribution in [2.24, 2.45) is 17.6 Å². The molecule has 4 fully saturated rings. The van der Waals surface area contributed by atoms with E-state index >= 15 is 0 Å². The Balaban J connectivity index is 0.000000151. The summed E-state index contributed by atoms with van der Waals surface area (Å²) in [6.07, 6.45) is 13.0. The Bertz CT molecular complexity index is 4390. The molecular weight excluding hydrogens is 1110 g/mol. The van der Waals surface area contributed by atoms with E-state index in [1.807, 2.05) is 112 Å². The fourth-order valence-electron chi connectivity index (χ4n) is 12.7. The third-order valence-corrected chi connectivity index (χ3v) is 18.0. The highest BCUT2D eigenvalue weighted by molar-refractivity contribution is 5.97. The van der Waals surface area contributed by atoms with Crippen molar-refractivity contribution >= 4 is 52.3 Å². The molecule has 0 unspecified atom stereocenters. The van der Waals surface area contributed by atoms with E-state index in [0.29, 0.717) is 0 Å². The second-order valence-corrected chi connectivity index (χ2v) is 25.4. The zero-order valence-electron chi connectivity index (χ0n) is 49.9. The number of fused-ring (bicyclic) bond motifs is 10. The van der Waals surface area contributed by atoms with Gasteiger partial charge in [-0.1, -0.05) is 97.1 Å². The van der Waals surface area contributed by atoms with Gasteiger partial charge in [0.1, 0.15) is 17.2 Å². The summed E-state index contributed by atoms with van der Waals surface area (Å²) in [5.74, 6) is 3.61. The number of amides is 3. The molecule has 0 bridgehead atoms. The molecule has 4 aliphatic carbocycles. The number of nitrogens with two attached hydrogens (primary N) is 1. The SMILES string of the molecule is CC(C)(C)OC(=O)NC1(c2ccc(-c3c(-c4ccc(NC(=O)C5CC5)cc4)nc4n3-c3cccnc3Nc3ccccc3-4)cc2)CCC1.NC1(c2ccc(-c3c(-c4ccc(NC(=O)C5CC5)cc4)nc4n3-c3cccnc3Nc3ccccc3-4)cc2)CCC1. The third kappa shape index (κ3) is 10.6. The zero-order chi connectivity index (χ0) is 60.6. The first-order valence-corrected chi connectivity index (χ1v) is 31.0. The Labute approximate surface area is 516 Å². The van der Waals surface area contributed by atoms with Gasteiger partial charge >= 0.3 is 6.09 Å². The number of aromatic nitrogens is 6. The lowest BCUT2D eigenvalue weighted by Gasteiger charge is -2.43. The van der Waals surface area contributed by atoms with Gasteiger partial charge in [-0.25, -0.2) is 24.7 Å². The summed E-state index contributed by atoms with van der Waals surface area (Å²) in [5.41, 5.74) is 22.4. The van der Waals surface area contributed by atoms with E-state index in [4.69, 9.17) is 30.4 Å². The highest BCUT2D eigenvalue weighted by Crippen LogP contribution is 2.49. The highest BCUT2D eigenvalue weighted by atomic mass is 16.6. The van der Waals surface area contributed by atoms with Gasteiger partial charge in [-0.2, -0.15) is 0 Å². The van der Waals surface area contributed by atoms with Gasteiger partial charge < -0.3 is 37.1 Å². The predicted molar refractivity (Wildman–Crippen MR) is 349 cm³/mol. The Morgan fingerprint density at radius 1 is 0.528 bits per heavy atom. The summed E-state index contributed by atoms with van der Waals surface area (Å²) < 4.78 is 10.0. The lowest BCUT2D eigenvalue weighted by molar-refractivity contribution is -0.118. The normalized spacial score (nSPS) is 16.0. The summed E-state index contributed by atoms with van der Waals surface area (Å²) in [6, 6.07) is 57.4. The van der Waals surface area contributed by atoms with E-state index < -0.39 is 17.2 Å². The molecule has 2 aliphatic heterocycles. The molecule has 16 heteroatoms. The molecule has 89 heavy (non-hydrogen) atoms. The van der Waals surface area contributed by atoms with Crippen LogP contribution in [0.15, 0.2) is 182 Å². The van der Waals surface area contributed by atoms with Gasteiger partial charge in [-0.05, 0) is 169 Å². The molecule has 3 amide bonds. The molecular formula is C73H68N12O4. The van der Waals surface area contributed by atoms with E-state index in [1.54, 1.807) is 12.4 Å². The number of anilines is 6. The lowest BCUT2D eigenvalue weighted by atomic mass is 9.71. The summed E-state index contributed by atoms with van der Waals surface area (Å²) >= 11 is 0. The minimum absolute atomic E-state index is 0.0795. The van der Waals surface area contributed by atoms with E-state index in [9.17, 15) is 14.4 Å². The van der Waals surface area contributed by atoms with Gasteiger partial charge in [-0.15, -0.1) is 0 Å². The Morgan fingerprint density at radius 3 is 1.36 bits per heavy atom. The molecule has 16 rings (SSSR count). The second-order valence-electron chi connectivity index (χ2n) is 25.4. The molecule has 10 aromatic rings. The number of carbonyl (C=O) groups excluding carboxylic acids is 3. The van der Waals surface area contributed by atoms with Gasteiger partial charge in [0.2, 0.25) is 11.8 Å². The zero-order valence-corrected chi connectivity index (χ0v) is 49.9. The second kappa shape index (κ2) is 21.9. The number of nitrogens with one attached hydrogen (secondary N) is 5. The number of rotatable bonds is 11. The van der Waals surface area contributed by atoms with Crippen LogP contribution in [0.5, 0.6) is 0 Å². The number of ether oxygens (including phenoxy) is 1. The van der Waals surface area contributed by atoms with Crippen LogP contribution in [-0.4, -0.2) is 52.6 Å². The van der Waals surface area contributed by atoms with E-state index in [1.165, 1.54) is 12.0 Å². The number of hydrogen-bond acceptors (Lipinski definition) is 11. The van der Waals surface area contributed by atoms with Gasteiger partial charge in [0.25, 0.3) is 0 Å². The van der Waals surface area contributed by atoms with Crippen LogP contribution in [0.2, 0.25) is 0 Å². The Morgan fingerprint density at radius 2 is 0.955 bits per heavy atom. The van der Waals surface area contributed by atoms with Crippen LogP contribution in [0.25, 0.3) is 79.2 Å². The van der Waals surface area contributed by atoms with Crippen LogP contribution >= 0.6 is 0 Å². The Kier molecular flexibility index (Phi) is 13.6. The minimum Gasteiger partial charge on any atom is -0.444 e. The van der Waals surface area contributed by atoms with Gasteiger partial charge in [0.15, 0.2) is 11.6 Å². The quantitative estimate of drug-likeness (QED) is 0.0718. The maximum atomic E-state index is 12.8. The highest BCUT2D eigenvalue weighted by Gasteiger charge is 2.42. The van der Waals surface area contributed by atoms with Crippen molar-refractivity contribution in [2.75, 3.05) is 21.3 Å². The first-order valence-electron chi connectivity index (χ1n) is 31.0. The molecule has 0 radical (unpaired) electrons. The van der Waals surface area contributed by atoms with Gasteiger partial charge in [-0.3, -0.25) is 18.7 Å². The molecule has 0 saturated heterocycles. The number of carbonyl (C=O) groups is 3. The smallest absolute Gasteiger partial charge is 0.408 e. The number of para-hydroxylation sites is 2. The summed E-state index contributed by atoms with van der Waals surface area (Å²) in [7, 11) is 0. The molecule has 7 N–H and O–H groups in total. The summed E-state index contributed by atoms with van der Waals surface area (Å²) in [6.45, 7) is 5.63. The molecule has 0 spiro atoms. The molecule has 6 aromatic carbocycles. The number of pyridine rings is 2. The standard InChI is InChI=1S/C39H38N6O3.C34H30N6O/c1-38(2,3)48-37(47)44-39(21-7-22-39)27-17-13-25(14-18-27)33-32(24-15-19-28(20-16-24)41-36(46)26-11-12-26)43-35-29-8-4-5-9-30(29)42-34-31(45(33)35)10-6-23-40-34;35-34(18-4-19-34)24-14-10-22(11-15-24)30-29(21-12-16-25(17-13-21)37-33(41)23-8-9-23)39-32-26-5-1-2-6-27(26)38-31-28(40(30)32)7-3-20-36-31/h4-6,8-10,13-20,23,26H,7,11-12,21-22H2,1-3H3,(H,40,42)(H,41,46)(H,44,47);1-3,5-7,10-17,20,23H,4,8-9,18-19,35H2,(H,36,38)(H,37,41). The minimum atomic E-state index is -0.575. The molecule has 0 atom stereocenters. The van der Waals surface area contributed by atoms with Crippen LogP contribution in [0, 0.1) is 11.8 Å². The van der Waals surface area contributed by atoms with E-state index in [2.05, 4.69) is 115 Å². The van der Waals surface area contributed by atoms with Crippen molar-refractivity contribution in [3.8, 4) is 79.2 Å². The number of hydrogen-bond donors (Lipinski definition) is 6. The van der Waals surface area contributed by atoms with Crippen molar-refractivity contribution in [3.05, 3.63) is 193 Å². The van der Waals surface area contributed by atoms with E-state index in [-0.39, 0.29) is 29.2 Å². The summed E-state index contributed by atoms with van der Waals surface area (Å²) in [5, 5.41) is 16.3. The van der Waals surface area contributed by atoms with Crippen molar-refractivity contribution in [2.45, 2.75) is 102 Å². The first-order chi connectivity index (χ1) is 43.2. The third-order valence-electron chi connectivity index (χ3n) is 18.0. The van der Waals surface area contributed by atoms with Crippen molar-refractivity contribution in [3.63, 3.8) is 0 Å². The fourth-order valence-corrected chi connectivity index (χ4v) is 12.7. The van der Waals surface area contributed by atoms with Crippen molar-refractivity contribution in [1.82, 2.24) is 34.4 Å². The maximum absolute atomic E-state index is 12.8. The monoisotopic (exact) mass is 1180 g/mol. The van der Waals surface area contributed by atoms with Crippen molar-refractivity contribution < 1.29 is 19.1 Å². The molecule has 4 aromatic heterocycles. The number of nitrogens with zero attached hydrogens (tertiary/aromatic N) is 6. The number of imidazole rings is 2. The van der Waals surface area contributed by atoms with Crippen molar-refractivity contribution in [1.29, 1.82) is 0 Å². The van der Waals surface area contributed by atoms with E-state index in [0.717, 1.165) is 177 Å². The molecule has 6 heterocycles. The molecule has 4 saturated carbocycles. The Hall–Kier alpha value is -10.2. The first kappa shape index (κ1) is 55.4. The summed E-state index contributed by atoms with van der Waals surface area (Å²) in [4.78, 5) is 57.7. The van der Waals surface area contributed by atoms with Gasteiger partial charge in [0.05, 0.1) is 51.1 Å². The van der Waals surface area contributed by atoms with Crippen LogP contribution < -0.4 is 32.3 Å². The number of benzene rings is 6. The number of alkyl carbamates (subject to hydrolysis) is 1. The fraction of sp³-hybridized carbons (Fsp3) is 0.247. The average molecular weight is 1180 g/mol. The lowest BCUT2D eigenvalue weighted by Crippen LogP contribution is -2.52. The average Bonchev–Trinajstić information content (AvgIpc) is 1.66. The molecule has 16 nitrogen and oxygen atoms in total. The molecule has 6 aliphatic rings. The van der Waals surface area contributed by atoms with Crippen LogP contribution in [0.4, 0.5) is 39.2 Å². The van der Waals surface area contributed by atoms with Gasteiger partial charge in [0, 0.05) is 74.5 Å². The molecule has 444 valence electrons. The predicted octanol–water partition coefficient (Wildman–Crippen LogP) is 15.6. The maximum Gasteiger partial charge on any atom is 0.408 e. The van der Waals surface area contributed by atoms with Crippen LogP contribution in [0.3, 0.4) is 0 Å². The van der Waals surface area contributed by atoms with Crippen LogP contribution in [0.1, 0.15) is 96.1 Å². The largest absolute Gasteiger partial charge is 0.444 e.